The van der Waals surface area contributed by atoms with Crippen LogP contribution in [0.4, 0.5) is 20.3 Å². The topological polar surface area (TPSA) is 113 Å². The second kappa shape index (κ2) is 10.3. The summed E-state index contributed by atoms with van der Waals surface area (Å²) >= 11 is 1.46. The van der Waals surface area contributed by atoms with Crippen molar-refractivity contribution in [3.8, 4) is 34.1 Å². The van der Waals surface area contributed by atoms with E-state index in [1.807, 2.05) is 23.7 Å². The van der Waals surface area contributed by atoms with Crippen molar-refractivity contribution in [2.45, 2.75) is 0 Å². The monoisotopic (exact) mass is 570 g/mol. The fourth-order valence-corrected chi connectivity index (χ4v) is 5.15. The smallest absolute Gasteiger partial charge is 0.255 e. The van der Waals surface area contributed by atoms with E-state index in [4.69, 9.17) is 15.1 Å². The van der Waals surface area contributed by atoms with Gasteiger partial charge in [-0.15, -0.1) is 0 Å². The molecule has 4 N–H and O–H groups in total. The molecule has 0 unspecified atom stereocenters. The van der Waals surface area contributed by atoms with Crippen molar-refractivity contribution >= 4 is 51.2 Å². The summed E-state index contributed by atoms with van der Waals surface area (Å²) in [6.07, 6.45) is 1.92. The average Bonchev–Trinajstić information content (AvgIpc) is 3.58. The molecule has 3 heterocycles. The number of nitrogens with one attached hydrogen (secondary N) is 2. The number of aromatic nitrogens is 3. The zero-order valence-corrected chi connectivity index (χ0v) is 23.1. The molecule has 0 saturated carbocycles. The molecule has 8 nitrogen and oxygen atoms in total. The molecule has 206 valence electrons. The maximum Gasteiger partial charge on any atom is 0.255 e. The summed E-state index contributed by atoms with van der Waals surface area (Å²) in [7, 11) is 3.41. The van der Waals surface area contributed by atoms with Gasteiger partial charge in [0.25, 0.3) is 5.91 Å². The van der Waals surface area contributed by atoms with Crippen LogP contribution in [0.3, 0.4) is 0 Å². The fraction of sp³-hybridized carbons (Fsp3) is 0.100. The van der Waals surface area contributed by atoms with E-state index in [2.05, 4.69) is 15.3 Å². The number of carbonyl (C=O) groups excluding carboxylic acids is 1. The third kappa shape index (κ3) is 4.63. The van der Waals surface area contributed by atoms with Gasteiger partial charge in [0.15, 0.2) is 5.82 Å². The van der Waals surface area contributed by atoms with Crippen LogP contribution < -0.4 is 15.4 Å². The van der Waals surface area contributed by atoms with Crippen LogP contribution in [0.15, 0.2) is 71.1 Å². The molecule has 3 aromatic carbocycles. The summed E-state index contributed by atoms with van der Waals surface area (Å²) in [5.41, 5.74) is 10.6. The van der Waals surface area contributed by atoms with Crippen LogP contribution in [0.2, 0.25) is 0 Å². The summed E-state index contributed by atoms with van der Waals surface area (Å²) < 4.78 is 36.2. The Hall–Kier alpha value is -4.90. The van der Waals surface area contributed by atoms with E-state index in [0.29, 0.717) is 67.2 Å². The van der Waals surface area contributed by atoms with Crippen LogP contribution in [-0.2, 0) is 0 Å². The lowest BCUT2D eigenvalue weighted by atomic mass is 10.0. The van der Waals surface area contributed by atoms with E-state index in [1.54, 1.807) is 42.5 Å². The summed E-state index contributed by atoms with van der Waals surface area (Å²) in [6.45, 7) is 0. The molecule has 6 aromatic rings. The van der Waals surface area contributed by atoms with E-state index >= 15 is 0 Å². The lowest BCUT2D eigenvalue weighted by molar-refractivity contribution is 0.0964. The molecular formula is C30H24F2N6O2S. The lowest BCUT2D eigenvalue weighted by Crippen LogP contribution is -2.18. The van der Waals surface area contributed by atoms with Gasteiger partial charge >= 0.3 is 0 Å². The number of rotatable bonds is 6. The highest BCUT2D eigenvalue weighted by molar-refractivity contribution is 7.99. The van der Waals surface area contributed by atoms with Gasteiger partial charge in [0.05, 0.1) is 22.6 Å². The summed E-state index contributed by atoms with van der Waals surface area (Å²) in [5, 5.41) is 3.63. The largest absolute Gasteiger partial charge is 0.455 e. The Kier molecular flexibility index (Phi) is 6.58. The number of H-pyrrole nitrogens is 1. The van der Waals surface area contributed by atoms with Gasteiger partial charge in [-0.1, -0.05) is 18.0 Å². The molecule has 0 aliphatic carbocycles. The number of benzene rings is 3. The molecule has 11 heteroatoms. The zero-order chi connectivity index (χ0) is 28.8. The third-order valence-electron chi connectivity index (χ3n) is 6.85. The van der Waals surface area contributed by atoms with Crippen LogP contribution in [0, 0.1) is 11.6 Å². The maximum atomic E-state index is 14.4. The Morgan fingerprint density at radius 3 is 2.54 bits per heavy atom. The summed E-state index contributed by atoms with van der Waals surface area (Å²) in [4.78, 5) is 25.7. The molecule has 0 bridgehead atoms. The van der Waals surface area contributed by atoms with Crippen molar-refractivity contribution in [2.75, 3.05) is 30.4 Å². The van der Waals surface area contributed by atoms with Gasteiger partial charge in [-0.05, 0) is 48.5 Å². The number of nitrogens with zero attached hydrogens (tertiary/aromatic N) is 3. The number of anilines is 2. The number of hydrogen-bond donors (Lipinski definition) is 3. The maximum absolute atomic E-state index is 14.4. The molecule has 0 aliphatic rings. The minimum absolute atomic E-state index is 0.215. The predicted octanol–water partition coefficient (Wildman–Crippen LogP) is 6.64. The van der Waals surface area contributed by atoms with Crippen LogP contribution in [0.1, 0.15) is 10.4 Å². The summed E-state index contributed by atoms with van der Waals surface area (Å²) in [6, 6.07) is 17.5. The van der Waals surface area contributed by atoms with Crippen molar-refractivity contribution in [3.05, 3.63) is 83.9 Å². The van der Waals surface area contributed by atoms with Gasteiger partial charge < -0.3 is 24.8 Å². The highest BCUT2D eigenvalue weighted by Crippen LogP contribution is 2.41. The van der Waals surface area contributed by atoms with Crippen LogP contribution in [0.25, 0.3) is 56.0 Å². The molecule has 0 radical (unpaired) electrons. The third-order valence-corrected chi connectivity index (χ3v) is 7.60. The Labute approximate surface area is 237 Å². The van der Waals surface area contributed by atoms with Gasteiger partial charge in [0.2, 0.25) is 0 Å². The number of nitrogens with two attached hydrogens (primary N) is 1. The Morgan fingerprint density at radius 2 is 1.83 bits per heavy atom. The Morgan fingerprint density at radius 1 is 1.05 bits per heavy atom. The van der Waals surface area contributed by atoms with Crippen molar-refractivity contribution in [2.24, 2.45) is 0 Å². The molecule has 0 aliphatic heterocycles. The van der Waals surface area contributed by atoms with Crippen molar-refractivity contribution < 1.29 is 18.0 Å². The number of nitrogen functional groups attached to an aromatic ring is 1. The molecule has 0 saturated heterocycles. The van der Waals surface area contributed by atoms with E-state index in [0.717, 1.165) is 0 Å². The first-order valence-electron chi connectivity index (χ1n) is 12.6. The van der Waals surface area contributed by atoms with Crippen LogP contribution in [0.5, 0.6) is 0 Å². The van der Waals surface area contributed by atoms with Crippen molar-refractivity contribution in [3.63, 3.8) is 0 Å². The molecular weight excluding hydrogens is 546 g/mol. The number of halogens is 2. The molecule has 6 rings (SSSR count). The number of amides is 1. The molecule has 3 aromatic heterocycles. The molecule has 41 heavy (non-hydrogen) atoms. The van der Waals surface area contributed by atoms with E-state index in [9.17, 15) is 13.6 Å². The minimum Gasteiger partial charge on any atom is -0.455 e. The second-order valence-electron chi connectivity index (χ2n) is 9.32. The highest BCUT2D eigenvalue weighted by Gasteiger charge is 2.25. The number of aromatic amines is 1. The van der Waals surface area contributed by atoms with Crippen molar-refractivity contribution in [1.29, 1.82) is 0 Å². The number of fused-ring (bicyclic) bond motifs is 2. The van der Waals surface area contributed by atoms with Gasteiger partial charge in [-0.3, -0.25) is 4.79 Å². The fourth-order valence-electron chi connectivity index (χ4n) is 4.81. The van der Waals surface area contributed by atoms with Gasteiger partial charge in [-0.25, -0.2) is 18.7 Å². The Balaban J connectivity index is 1.59. The number of carbonyl (C=O) groups is 1. The van der Waals surface area contributed by atoms with Crippen molar-refractivity contribution in [1.82, 2.24) is 20.3 Å². The van der Waals surface area contributed by atoms with E-state index < -0.39 is 5.82 Å². The number of hydrogen-bond acceptors (Lipinski definition) is 7. The standard InChI is InChI=1S/C30H24F2N6O2S/c1-34-30(39)27-19-11-18(24(38(2)41-3)14-25(19)40-28(27)15-7-9-16(31)10-8-15)29-36-23(13-26(33)37-29)22-12-17-20(32)5-4-6-21(17)35-22/h4-14,35H,1-3H3,(H,34,39)(H2,33,36,37). The first-order valence-corrected chi connectivity index (χ1v) is 13.7. The average molecular weight is 571 g/mol. The quantitative estimate of drug-likeness (QED) is 0.192. The van der Waals surface area contributed by atoms with Gasteiger partial charge in [0, 0.05) is 59.9 Å². The Bertz CT molecular complexity index is 1950. The predicted molar refractivity (Wildman–Crippen MR) is 160 cm³/mol. The molecule has 0 fully saturated rings. The molecule has 0 spiro atoms. The van der Waals surface area contributed by atoms with Crippen LogP contribution in [-0.4, -0.2) is 41.2 Å². The summed E-state index contributed by atoms with van der Waals surface area (Å²) in [5.74, 6) is -0.278. The lowest BCUT2D eigenvalue weighted by Gasteiger charge is -2.19. The molecule has 0 atom stereocenters. The highest BCUT2D eigenvalue weighted by atomic mass is 32.2. The van der Waals surface area contributed by atoms with Gasteiger partial charge in [0.1, 0.15) is 28.8 Å². The first kappa shape index (κ1) is 26.3. The number of furan rings is 1. The minimum atomic E-state index is -0.398. The SMILES string of the molecule is CNC(=O)c1c(-c2ccc(F)cc2)oc2cc(N(C)SC)c(-c3nc(N)cc(-c4cc5c(F)cccc5[nH]4)n3)cc12. The van der Waals surface area contributed by atoms with Gasteiger partial charge in [-0.2, -0.15) is 0 Å². The van der Waals surface area contributed by atoms with E-state index in [1.165, 1.54) is 37.2 Å². The second-order valence-corrected chi connectivity index (χ2v) is 10.2. The first-order chi connectivity index (χ1) is 19.8. The zero-order valence-electron chi connectivity index (χ0n) is 22.3. The molecule has 1 amide bonds. The normalized spacial score (nSPS) is 11.3. The van der Waals surface area contributed by atoms with E-state index in [-0.39, 0.29) is 17.5 Å². The van der Waals surface area contributed by atoms with Crippen LogP contribution >= 0.6 is 11.9 Å².